The van der Waals surface area contributed by atoms with Crippen molar-refractivity contribution in [3.8, 4) is 0 Å². The molecule has 18 heavy (non-hydrogen) atoms. The Morgan fingerprint density at radius 2 is 2.06 bits per heavy atom. The van der Waals surface area contributed by atoms with Crippen LogP contribution in [0.3, 0.4) is 0 Å². The summed E-state index contributed by atoms with van der Waals surface area (Å²) in [5.74, 6) is 0.0794. The van der Waals surface area contributed by atoms with Gasteiger partial charge in [0.1, 0.15) is 5.69 Å². The Bertz CT molecular complexity index is 550. The third-order valence-electron chi connectivity index (χ3n) is 2.40. The van der Waals surface area contributed by atoms with Gasteiger partial charge in [0.15, 0.2) is 0 Å². The Labute approximate surface area is 113 Å². The first-order chi connectivity index (χ1) is 8.58. The van der Waals surface area contributed by atoms with E-state index in [0.29, 0.717) is 11.6 Å². The summed E-state index contributed by atoms with van der Waals surface area (Å²) >= 11 is 3.37. The van der Waals surface area contributed by atoms with Crippen LogP contribution in [-0.4, -0.2) is 20.4 Å². The highest BCUT2D eigenvalue weighted by Crippen LogP contribution is 2.19. The van der Waals surface area contributed by atoms with Gasteiger partial charge in [-0.15, -0.1) is 0 Å². The smallest absolute Gasteiger partial charge is 0.274 e. The van der Waals surface area contributed by atoms with Crippen LogP contribution >= 0.6 is 15.9 Å². The summed E-state index contributed by atoms with van der Waals surface area (Å²) < 4.78 is 2.76. The molecule has 0 aliphatic carbocycles. The van der Waals surface area contributed by atoms with Crippen molar-refractivity contribution >= 4 is 27.8 Å². The van der Waals surface area contributed by atoms with Crippen LogP contribution < -0.4 is 5.32 Å². The first-order valence-electron chi connectivity index (χ1n) is 5.53. The predicted octanol–water partition coefficient (Wildman–Crippen LogP) is 2.87. The fraction of sp³-hybridized carbons (Fsp3) is 0.250. The highest BCUT2D eigenvalue weighted by Gasteiger charge is 2.15. The lowest BCUT2D eigenvalue weighted by atomic mass is 10.3. The molecule has 0 atom stereocenters. The van der Waals surface area contributed by atoms with Gasteiger partial charge >= 0.3 is 0 Å². The number of carbonyl (C=O) groups is 1. The first-order valence-corrected chi connectivity index (χ1v) is 6.33. The van der Waals surface area contributed by atoms with Crippen LogP contribution in [-0.2, 0) is 0 Å². The summed E-state index contributed by atoms with van der Waals surface area (Å²) in [5, 5.41) is 2.66. The molecule has 2 aromatic rings. The first kappa shape index (κ1) is 12.8. The number of nitrogens with one attached hydrogen (secondary N) is 1. The van der Waals surface area contributed by atoms with Crippen molar-refractivity contribution in [1.82, 2.24) is 14.5 Å². The summed E-state index contributed by atoms with van der Waals surface area (Å²) in [4.78, 5) is 20.0. The average molecular weight is 309 g/mol. The maximum absolute atomic E-state index is 12.1. The molecule has 0 saturated heterocycles. The van der Waals surface area contributed by atoms with Crippen molar-refractivity contribution in [3.63, 3.8) is 0 Å². The monoisotopic (exact) mass is 308 g/mol. The molecular weight excluding hydrogens is 296 g/mol. The molecule has 6 heteroatoms. The van der Waals surface area contributed by atoms with E-state index in [2.05, 4.69) is 31.2 Å². The van der Waals surface area contributed by atoms with Crippen LogP contribution in [0, 0.1) is 0 Å². The lowest BCUT2D eigenvalue weighted by molar-refractivity contribution is 0.101. The van der Waals surface area contributed by atoms with Gasteiger partial charge in [-0.3, -0.25) is 10.1 Å². The molecule has 0 radical (unpaired) electrons. The minimum absolute atomic E-state index is 0.203. The second kappa shape index (κ2) is 5.30. The number of rotatable bonds is 3. The van der Waals surface area contributed by atoms with Gasteiger partial charge in [0, 0.05) is 29.1 Å². The Morgan fingerprint density at radius 1 is 1.39 bits per heavy atom. The summed E-state index contributed by atoms with van der Waals surface area (Å²) in [6.45, 7) is 4.03. The molecule has 94 valence electrons. The average Bonchev–Trinajstić information content (AvgIpc) is 2.73. The third kappa shape index (κ3) is 2.76. The minimum atomic E-state index is -0.222. The van der Waals surface area contributed by atoms with E-state index in [1.807, 2.05) is 24.6 Å². The number of nitrogens with zero attached hydrogens (tertiary/aromatic N) is 3. The van der Waals surface area contributed by atoms with Crippen molar-refractivity contribution in [1.29, 1.82) is 0 Å². The lowest BCUT2D eigenvalue weighted by Gasteiger charge is -2.11. The van der Waals surface area contributed by atoms with Crippen LogP contribution in [0.2, 0.25) is 0 Å². The van der Waals surface area contributed by atoms with Crippen LogP contribution in [0.1, 0.15) is 30.4 Å². The zero-order valence-electron chi connectivity index (χ0n) is 10.1. The zero-order valence-corrected chi connectivity index (χ0v) is 11.7. The van der Waals surface area contributed by atoms with E-state index in [0.717, 1.165) is 4.47 Å². The van der Waals surface area contributed by atoms with Gasteiger partial charge in [0.2, 0.25) is 5.95 Å². The molecule has 0 aliphatic heterocycles. The summed E-state index contributed by atoms with van der Waals surface area (Å²) in [7, 11) is 0. The number of hydrogen-bond acceptors (Lipinski definition) is 3. The number of anilines is 1. The zero-order chi connectivity index (χ0) is 13.1. The Hall–Kier alpha value is -1.69. The van der Waals surface area contributed by atoms with E-state index in [1.165, 1.54) is 0 Å². The fourth-order valence-electron chi connectivity index (χ4n) is 1.58. The summed E-state index contributed by atoms with van der Waals surface area (Å²) in [6, 6.07) is 3.68. The highest BCUT2D eigenvalue weighted by molar-refractivity contribution is 9.10. The van der Waals surface area contributed by atoms with Crippen molar-refractivity contribution in [3.05, 3.63) is 40.9 Å². The Kier molecular flexibility index (Phi) is 3.76. The maximum Gasteiger partial charge on any atom is 0.274 e. The van der Waals surface area contributed by atoms with E-state index < -0.39 is 0 Å². The van der Waals surface area contributed by atoms with Crippen molar-refractivity contribution in [2.24, 2.45) is 0 Å². The van der Waals surface area contributed by atoms with Crippen LogP contribution in [0.25, 0.3) is 0 Å². The van der Waals surface area contributed by atoms with E-state index >= 15 is 0 Å². The Balaban J connectivity index is 2.24. The largest absolute Gasteiger partial charge is 0.340 e. The van der Waals surface area contributed by atoms with Crippen LogP contribution in [0.15, 0.2) is 35.2 Å². The van der Waals surface area contributed by atoms with E-state index in [9.17, 15) is 4.79 Å². The second-order valence-corrected chi connectivity index (χ2v) is 4.99. The van der Waals surface area contributed by atoms with Crippen molar-refractivity contribution in [2.45, 2.75) is 19.9 Å². The highest BCUT2D eigenvalue weighted by atomic mass is 79.9. The van der Waals surface area contributed by atoms with Gasteiger partial charge in [-0.2, -0.15) is 0 Å². The number of halogens is 1. The number of amides is 1. The van der Waals surface area contributed by atoms with Gasteiger partial charge in [0.05, 0.1) is 0 Å². The van der Waals surface area contributed by atoms with E-state index in [4.69, 9.17) is 0 Å². The SMILES string of the molecule is CC(C)n1cc(Br)cc1C(=O)Nc1ncccn1. The lowest BCUT2D eigenvalue weighted by Crippen LogP contribution is -2.18. The van der Waals surface area contributed by atoms with Crippen molar-refractivity contribution in [2.75, 3.05) is 5.32 Å². The number of carbonyl (C=O) groups excluding carboxylic acids is 1. The molecule has 0 spiro atoms. The number of aromatic nitrogens is 3. The molecule has 1 N–H and O–H groups in total. The molecule has 0 aromatic carbocycles. The molecule has 0 saturated carbocycles. The standard InChI is InChI=1S/C12H13BrN4O/c1-8(2)17-7-9(13)6-10(17)11(18)16-12-14-4-3-5-15-12/h3-8H,1-2H3,(H,14,15,16,18). The third-order valence-corrected chi connectivity index (χ3v) is 2.83. The molecule has 1 amide bonds. The second-order valence-electron chi connectivity index (χ2n) is 4.07. The van der Waals surface area contributed by atoms with Gasteiger partial charge in [-0.05, 0) is 41.9 Å². The van der Waals surface area contributed by atoms with E-state index in [1.54, 1.807) is 24.5 Å². The van der Waals surface area contributed by atoms with Crippen LogP contribution in [0.4, 0.5) is 5.95 Å². The maximum atomic E-state index is 12.1. The molecule has 0 aliphatic rings. The fourth-order valence-corrected chi connectivity index (χ4v) is 2.02. The molecular formula is C12H13BrN4O. The molecule has 2 heterocycles. The number of hydrogen-bond donors (Lipinski definition) is 1. The molecule has 2 rings (SSSR count). The summed E-state index contributed by atoms with van der Waals surface area (Å²) in [6.07, 6.45) is 5.05. The van der Waals surface area contributed by atoms with Crippen molar-refractivity contribution < 1.29 is 4.79 Å². The van der Waals surface area contributed by atoms with Crippen LogP contribution in [0.5, 0.6) is 0 Å². The molecule has 2 aromatic heterocycles. The topological polar surface area (TPSA) is 59.8 Å². The van der Waals surface area contributed by atoms with Gasteiger partial charge in [-0.1, -0.05) is 0 Å². The Morgan fingerprint density at radius 3 is 2.67 bits per heavy atom. The summed E-state index contributed by atoms with van der Waals surface area (Å²) in [5.41, 5.74) is 0.573. The normalized spacial score (nSPS) is 10.7. The minimum Gasteiger partial charge on any atom is -0.340 e. The molecule has 5 nitrogen and oxygen atoms in total. The molecule has 0 unspecified atom stereocenters. The van der Waals surface area contributed by atoms with E-state index in [-0.39, 0.29) is 11.9 Å². The van der Waals surface area contributed by atoms with Gasteiger partial charge in [0.25, 0.3) is 5.91 Å². The molecule has 0 bridgehead atoms. The predicted molar refractivity (Wildman–Crippen MR) is 72.5 cm³/mol. The van der Waals surface area contributed by atoms with Gasteiger partial charge < -0.3 is 4.57 Å². The van der Waals surface area contributed by atoms with Gasteiger partial charge in [-0.25, -0.2) is 9.97 Å². The quantitative estimate of drug-likeness (QED) is 0.948. The molecule has 0 fully saturated rings.